The van der Waals surface area contributed by atoms with E-state index in [0.717, 1.165) is 16.7 Å². The second kappa shape index (κ2) is 3.54. The maximum absolute atomic E-state index is 5.85. The third-order valence-corrected chi connectivity index (χ3v) is 2.01. The number of aromatic nitrogens is 1. The fourth-order valence-electron chi connectivity index (χ4n) is 1.49. The predicted molar refractivity (Wildman–Crippen MR) is 62.1 cm³/mol. The minimum absolute atomic E-state index is 0.189. The lowest BCUT2D eigenvalue weighted by atomic mass is 10.1. The van der Waals surface area contributed by atoms with E-state index in [4.69, 9.17) is 4.74 Å². The molecule has 1 heterocycles. The van der Waals surface area contributed by atoms with E-state index in [1.165, 1.54) is 0 Å². The molecule has 2 nitrogen and oxygen atoms in total. The number of nitrogens with zero attached hydrogens (tertiary/aromatic N) is 1. The highest BCUT2D eigenvalue weighted by Crippen LogP contribution is 2.26. The smallest absolute Gasteiger partial charge is 0.146 e. The number of hydrogen-bond donors (Lipinski definition) is 0. The Morgan fingerprint density at radius 3 is 2.53 bits per heavy atom. The monoisotopic (exact) mass is 201 g/mol. The van der Waals surface area contributed by atoms with E-state index in [-0.39, 0.29) is 5.60 Å². The quantitative estimate of drug-likeness (QED) is 0.705. The van der Waals surface area contributed by atoms with E-state index in [0.29, 0.717) is 0 Å². The Labute approximate surface area is 89.9 Å². The molecule has 0 fully saturated rings. The first-order chi connectivity index (χ1) is 7.06. The van der Waals surface area contributed by atoms with Gasteiger partial charge in [0, 0.05) is 11.6 Å². The molecule has 0 aliphatic rings. The molecule has 0 amide bonds. The summed E-state index contributed by atoms with van der Waals surface area (Å²) in [4.78, 5) is 4.34. The molecule has 2 aromatic rings. The largest absolute Gasteiger partial charge is 0.486 e. The van der Waals surface area contributed by atoms with Gasteiger partial charge >= 0.3 is 0 Å². The minimum Gasteiger partial charge on any atom is -0.486 e. The molecule has 0 radical (unpaired) electrons. The molecule has 0 saturated carbocycles. The fraction of sp³-hybridized carbons (Fsp3) is 0.308. The first-order valence-corrected chi connectivity index (χ1v) is 5.09. The molecule has 0 aliphatic heterocycles. The highest BCUT2D eigenvalue weighted by molar-refractivity contribution is 5.84. The van der Waals surface area contributed by atoms with E-state index >= 15 is 0 Å². The Hall–Kier alpha value is -1.57. The van der Waals surface area contributed by atoms with E-state index in [1.54, 1.807) is 6.20 Å². The van der Waals surface area contributed by atoms with Gasteiger partial charge in [-0.1, -0.05) is 18.2 Å². The summed E-state index contributed by atoms with van der Waals surface area (Å²) in [6, 6.07) is 9.96. The van der Waals surface area contributed by atoms with Crippen LogP contribution in [0.15, 0.2) is 36.5 Å². The summed E-state index contributed by atoms with van der Waals surface area (Å²) in [7, 11) is 0. The van der Waals surface area contributed by atoms with E-state index in [1.807, 2.05) is 51.1 Å². The highest BCUT2D eigenvalue weighted by atomic mass is 16.5. The van der Waals surface area contributed by atoms with Crippen LogP contribution in [-0.2, 0) is 0 Å². The SMILES string of the molecule is CC(C)(C)Oc1cccc2cccnc12. The zero-order valence-electron chi connectivity index (χ0n) is 9.32. The third kappa shape index (κ3) is 2.27. The molecule has 0 unspecified atom stereocenters. The number of benzene rings is 1. The number of hydrogen-bond acceptors (Lipinski definition) is 2. The number of rotatable bonds is 1. The summed E-state index contributed by atoms with van der Waals surface area (Å²) in [5.74, 6) is 0.848. The lowest BCUT2D eigenvalue weighted by Crippen LogP contribution is -2.23. The lowest BCUT2D eigenvalue weighted by molar-refractivity contribution is 0.133. The molecule has 0 bridgehead atoms. The summed E-state index contributed by atoms with van der Waals surface area (Å²) >= 11 is 0. The van der Waals surface area contributed by atoms with E-state index in [2.05, 4.69) is 4.98 Å². The average Bonchev–Trinajstić information content (AvgIpc) is 2.16. The minimum atomic E-state index is -0.189. The second-order valence-corrected chi connectivity index (χ2v) is 4.55. The van der Waals surface area contributed by atoms with Gasteiger partial charge in [-0.2, -0.15) is 0 Å². The van der Waals surface area contributed by atoms with Gasteiger partial charge in [-0.25, -0.2) is 0 Å². The molecule has 78 valence electrons. The van der Waals surface area contributed by atoms with Gasteiger partial charge in [0.1, 0.15) is 16.9 Å². The van der Waals surface area contributed by atoms with E-state index in [9.17, 15) is 0 Å². The van der Waals surface area contributed by atoms with Crippen LogP contribution in [0.2, 0.25) is 0 Å². The lowest BCUT2D eigenvalue weighted by Gasteiger charge is -2.21. The van der Waals surface area contributed by atoms with Crippen molar-refractivity contribution in [2.75, 3.05) is 0 Å². The Morgan fingerprint density at radius 1 is 1.07 bits per heavy atom. The van der Waals surface area contributed by atoms with Crippen LogP contribution in [0.25, 0.3) is 10.9 Å². The van der Waals surface area contributed by atoms with E-state index < -0.39 is 0 Å². The number of ether oxygens (including phenoxy) is 1. The van der Waals surface area contributed by atoms with Crippen molar-refractivity contribution in [2.24, 2.45) is 0 Å². The molecular weight excluding hydrogens is 186 g/mol. The maximum atomic E-state index is 5.85. The first kappa shape index (κ1) is 9.97. The van der Waals surface area contributed by atoms with Crippen molar-refractivity contribution in [3.8, 4) is 5.75 Å². The van der Waals surface area contributed by atoms with Crippen LogP contribution in [0.3, 0.4) is 0 Å². The topological polar surface area (TPSA) is 22.1 Å². The Kier molecular flexibility index (Phi) is 2.35. The molecule has 0 atom stereocenters. The van der Waals surface area contributed by atoms with Crippen molar-refractivity contribution in [1.29, 1.82) is 0 Å². The Bertz CT molecular complexity index is 466. The van der Waals surface area contributed by atoms with Gasteiger partial charge in [0.25, 0.3) is 0 Å². The average molecular weight is 201 g/mol. The van der Waals surface area contributed by atoms with Gasteiger partial charge < -0.3 is 4.74 Å². The Balaban J connectivity index is 2.52. The summed E-state index contributed by atoms with van der Waals surface area (Å²) in [6.45, 7) is 6.11. The normalized spacial score (nSPS) is 11.7. The number of para-hydroxylation sites is 1. The summed E-state index contributed by atoms with van der Waals surface area (Å²) < 4.78 is 5.85. The molecule has 15 heavy (non-hydrogen) atoms. The van der Waals surface area contributed by atoms with Crippen LogP contribution >= 0.6 is 0 Å². The van der Waals surface area contributed by atoms with Crippen LogP contribution in [0, 0.1) is 0 Å². The summed E-state index contributed by atoms with van der Waals surface area (Å²) in [5.41, 5.74) is 0.737. The van der Waals surface area contributed by atoms with Crippen LogP contribution in [0.1, 0.15) is 20.8 Å². The van der Waals surface area contributed by atoms with Gasteiger partial charge in [-0.05, 0) is 32.9 Å². The van der Waals surface area contributed by atoms with Gasteiger partial charge in [0.15, 0.2) is 0 Å². The molecule has 1 aromatic heterocycles. The van der Waals surface area contributed by atoms with Gasteiger partial charge in [0.05, 0.1) is 0 Å². The molecule has 0 spiro atoms. The first-order valence-electron chi connectivity index (χ1n) is 5.09. The summed E-state index contributed by atoms with van der Waals surface area (Å²) in [6.07, 6.45) is 1.79. The molecule has 2 heteroatoms. The number of pyridine rings is 1. The number of fused-ring (bicyclic) bond motifs is 1. The highest BCUT2D eigenvalue weighted by Gasteiger charge is 2.13. The zero-order valence-corrected chi connectivity index (χ0v) is 9.32. The van der Waals surface area contributed by atoms with Gasteiger partial charge in [0.2, 0.25) is 0 Å². The molecular formula is C13H15NO. The Morgan fingerprint density at radius 2 is 1.80 bits per heavy atom. The molecule has 2 rings (SSSR count). The second-order valence-electron chi connectivity index (χ2n) is 4.55. The van der Waals surface area contributed by atoms with Crippen molar-refractivity contribution < 1.29 is 4.74 Å². The van der Waals surface area contributed by atoms with Gasteiger partial charge in [-0.15, -0.1) is 0 Å². The molecule has 1 aromatic carbocycles. The van der Waals surface area contributed by atoms with Crippen molar-refractivity contribution in [3.63, 3.8) is 0 Å². The van der Waals surface area contributed by atoms with Crippen LogP contribution in [0.5, 0.6) is 5.75 Å². The summed E-state index contributed by atoms with van der Waals surface area (Å²) in [5, 5.41) is 1.11. The molecule has 0 saturated heterocycles. The molecule has 0 N–H and O–H groups in total. The van der Waals surface area contributed by atoms with Crippen molar-refractivity contribution in [1.82, 2.24) is 4.98 Å². The third-order valence-electron chi connectivity index (χ3n) is 2.01. The zero-order chi connectivity index (χ0) is 10.9. The maximum Gasteiger partial charge on any atom is 0.146 e. The van der Waals surface area contributed by atoms with Crippen molar-refractivity contribution in [2.45, 2.75) is 26.4 Å². The van der Waals surface area contributed by atoms with Crippen molar-refractivity contribution >= 4 is 10.9 Å². The van der Waals surface area contributed by atoms with Gasteiger partial charge in [-0.3, -0.25) is 4.98 Å². The van der Waals surface area contributed by atoms with Crippen LogP contribution < -0.4 is 4.74 Å². The van der Waals surface area contributed by atoms with Crippen molar-refractivity contribution in [3.05, 3.63) is 36.5 Å². The fourth-order valence-corrected chi connectivity index (χ4v) is 1.49. The van der Waals surface area contributed by atoms with Crippen LogP contribution in [0.4, 0.5) is 0 Å². The molecule has 0 aliphatic carbocycles. The van der Waals surface area contributed by atoms with Crippen LogP contribution in [-0.4, -0.2) is 10.6 Å². The predicted octanol–water partition coefficient (Wildman–Crippen LogP) is 3.41. The standard InChI is InChI=1S/C13H15NO/c1-13(2,3)15-11-8-4-6-10-7-5-9-14-12(10)11/h4-9H,1-3H3.